The fourth-order valence-corrected chi connectivity index (χ4v) is 2.59. The molecule has 1 N–H and O–H groups in total. The molecule has 1 atom stereocenters. The van der Waals surface area contributed by atoms with E-state index in [0.29, 0.717) is 0 Å². The highest BCUT2D eigenvalue weighted by Gasteiger charge is 2.24. The van der Waals surface area contributed by atoms with E-state index < -0.39 is 0 Å². The maximum atomic E-state index is 5.33. The lowest BCUT2D eigenvalue weighted by molar-refractivity contribution is 0.205. The monoisotopic (exact) mass is 207 g/mol. The molecule has 3 nitrogen and oxygen atoms in total. The van der Waals surface area contributed by atoms with Crippen molar-refractivity contribution in [2.75, 3.05) is 52.4 Å². The second-order valence-electron chi connectivity index (χ2n) is 4.64. The number of terminal acetylenes is 1. The van der Waals surface area contributed by atoms with Crippen molar-refractivity contribution in [2.24, 2.45) is 5.92 Å². The Balaban J connectivity index is 1.69. The molecule has 2 heterocycles. The van der Waals surface area contributed by atoms with Crippen LogP contribution < -0.4 is 5.32 Å². The van der Waals surface area contributed by atoms with E-state index in [-0.39, 0.29) is 0 Å². The summed E-state index contributed by atoms with van der Waals surface area (Å²) < 4.78 is 0. The molecule has 2 saturated heterocycles. The Bertz CT molecular complexity index is 228. The Kier molecular flexibility index (Phi) is 4.01. The molecule has 0 aromatic carbocycles. The minimum atomic E-state index is 0.831. The van der Waals surface area contributed by atoms with E-state index in [4.69, 9.17) is 6.42 Å². The maximum Gasteiger partial charge on any atom is 0.0599 e. The van der Waals surface area contributed by atoms with Gasteiger partial charge in [0.25, 0.3) is 0 Å². The van der Waals surface area contributed by atoms with Crippen LogP contribution in [0.3, 0.4) is 0 Å². The Morgan fingerprint density at radius 1 is 1.20 bits per heavy atom. The van der Waals surface area contributed by atoms with Gasteiger partial charge in [0, 0.05) is 39.3 Å². The normalized spacial score (nSPS) is 29.1. The van der Waals surface area contributed by atoms with Gasteiger partial charge >= 0.3 is 0 Å². The van der Waals surface area contributed by atoms with Crippen LogP contribution in [0, 0.1) is 18.3 Å². The molecule has 3 heteroatoms. The summed E-state index contributed by atoms with van der Waals surface area (Å²) in [6.45, 7) is 9.23. The van der Waals surface area contributed by atoms with Crippen LogP contribution in [0.25, 0.3) is 0 Å². The average Bonchev–Trinajstić information content (AvgIpc) is 2.68. The first-order chi connectivity index (χ1) is 7.38. The van der Waals surface area contributed by atoms with E-state index in [2.05, 4.69) is 21.0 Å². The SMILES string of the molecule is C#CCN1CCC(CN2CCNCC2)C1. The Hall–Kier alpha value is -0.560. The third-order valence-corrected chi connectivity index (χ3v) is 3.41. The van der Waals surface area contributed by atoms with E-state index in [0.717, 1.165) is 25.6 Å². The van der Waals surface area contributed by atoms with Crippen molar-refractivity contribution in [3.8, 4) is 12.3 Å². The quantitative estimate of drug-likeness (QED) is 0.649. The van der Waals surface area contributed by atoms with Crippen molar-refractivity contribution in [3.63, 3.8) is 0 Å². The highest BCUT2D eigenvalue weighted by molar-refractivity contribution is 4.91. The number of hydrogen-bond donors (Lipinski definition) is 1. The summed E-state index contributed by atoms with van der Waals surface area (Å²) in [5.41, 5.74) is 0. The molecule has 0 amide bonds. The molecule has 15 heavy (non-hydrogen) atoms. The van der Waals surface area contributed by atoms with Crippen molar-refractivity contribution in [1.29, 1.82) is 0 Å². The van der Waals surface area contributed by atoms with Crippen LogP contribution in [0.4, 0.5) is 0 Å². The number of nitrogens with one attached hydrogen (secondary N) is 1. The van der Waals surface area contributed by atoms with Gasteiger partial charge in [-0.2, -0.15) is 0 Å². The molecular weight excluding hydrogens is 186 g/mol. The zero-order chi connectivity index (χ0) is 10.5. The lowest BCUT2D eigenvalue weighted by Gasteiger charge is -2.29. The van der Waals surface area contributed by atoms with Gasteiger partial charge in [-0.15, -0.1) is 6.42 Å². The van der Waals surface area contributed by atoms with Crippen LogP contribution in [0.2, 0.25) is 0 Å². The fraction of sp³-hybridized carbons (Fsp3) is 0.833. The molecule has 0 bridgehead atoms. The van der Waals surface area contributed by atoms with Gasteiger partial charge in [-0.1, -0.05) is 5.92 Å². The second-order valence-corrected chi connectivity index (χ2v) is 4.64. The highest BCUT2D eigenvalue weighted by atomic mass is 15.2. The molecule has 0 spiro atoms. The Morgan fingerprint density at radius 3 is 2.73 bits per heavy atom. The van der Waals surface area contributed by atoms with Crippen molar-refractivity contribution in [1.82, 2.24) is 15.1 Å². The fourth-order valence-electron chi connectivity index (χ4n) is 2.59. The van der Waals surface area contributed by atoms with Gasteiger partial charge in [0.2, 0.25) is 0 Å². The number of piperazine rings is 1. The van der Waals surface area contributed by atoms with Crippen LogP contribution >= 0.6 is 0 Å². The summed E-state index contributed by atoms with van der Waals surface area (Å²) in [6.07, 6.45) is 6.65. The molecule has 84 valence electrons. The van der Waals surface area contributed by atoms with Gasteiger partial charge in [-0.3, -0.25) is 4.90 Å². The molecular formula is C12H21N3. The summed E-state index contributed by atoms with van der Waals surface area (Å²) in [6, 6.07) is 0. The first kappa shape index (κ1) is 10.9. The van der Waals surface area contributed by atoms with Crippen molar-refractivity contribution in [3.05, 3.63) is 0 Å². The number of hydrogen-bond acceptors (Lipinski definition) is 3. The van der Waals surface area contributed by atoms with E-state index in [1.165, 1.54) is 39.1 Å². The predicted octanol–water partition coefficient (Wildman–Crippen LogP) is -0.153. The third-order valence-electron chi connectivity index (χ3n) is 3.41. The van der Waals surface area contributed by atoms with Gasteiger partial charge in [-0.25, -0.2) is 0 Å². The maximum absolute atomic E-state index is 5.33. The zero-order valence-electron chi connectivity index (χ0n) is 9.41. The molecule has 0 aromatic heterocycles. The molecule has 1 unspecified atom stereocenters. The highest BCUT2D eigenvalue weighted by Crippen LogP contribution is 2.16. The van der Waals surface area contributed by atoms with E-state index in [1.54, 1.807) is 0 Å². The number of nitrogens with zero attached hydrogens (tertiary/aromatic N) is 2. The Labute approximate surface area is 92.8 Å². The van der Waals surface area contributed by atoms with E-state index in [9.17, 15) is 0 Å². The van der Waals surface area contributed by atoms with Gasteiger partial charge in [0.15, 0.2) is 0 Å². The minimum absolute atomic E-state index is 0.831. The Morgan fingerprint density at radius 2 is 2.00 bits per heavy atom. The summed E-state index contributed by atoms with van der Waals surface area (Å²) in [5, 5.41) is 3.39. The molecule has 2 rings (SSSR count). The summed E-state index contributed by atoms with van der Waals surface area (Å²) in [7, 11) is 0. The van der Waals surface area contributed by atoms with Gasteiger partial charge in [0.1, 0.15) is 0 Å². The smallest absolute Gasteiger partial charge is 0.0599 e. The van der Waals surface area contributed by atoms with Crippen LogP contribution in [0.5, 0.6) is 0 Å². The van der Waals surface area contributed by atoms with E-state index in [1.807, 2.05) is 0 Å². The van der Waals surface area contributed by atoms with Crippen molar-refractivity contribution < 1.29 is 0 Å². The first-order valence-electron chi connectivity index (χ1n) is 5.97. The van der Waals surface area contributed by atoms with Gasteiger partial charge < -0.3 is 10.2 Å². The standard InChI is InChI=1S/C12H21N3/c1-2-6-14-7-3-12(10-14)11-15-8-4-13-5-9-15/h1,12-13H,3-11H2. The largest absolute Gasteiger partial charge is 0.314 e. The van der Waals surface area contributed by atoms with Crippen LogP contribution in [-0.4, -0.2) is 62.2 Å². The number of rotatable bonds is 3. The predicted molar refractivity (Wildman–Crippen MR) is 62.7 cm³/mol. The lowest BCUT2D eigenvalue weighted by Crippen LogP contribution is -2.45. The van der Waals surface area contributed by atoms with Gasteiger partial charge in [-0.05, 0) is 18.9 Å². The second kappa shape index (κ2) is 5.50. The molecule has 2 aliphatic rings. The van der Waals surface area contributed by atoms with Crippen LogP contribution in [0.15, 0.2) is 0 Å². The molecule has 2 aliphatic heterocycles. The molecule has 0 radical (unpaired) electrons. The first-order valence-corrected chi connectivity index (χ1v) is 5.97. The summed E-state index contributed by atoms with van der Waals surface area (Å²) in [5.74, 6) is 3.58. The van der Waals surface area contributed by atoms with Crippen molar-refractivity contribution >= 4 is 0 Å². The topological polar surface area (TPSA) is 18.5 Å². The van der Waals surface area contributed by atoms with Crippen LogP contribution in [0.1, 0.15) is 6.42 Å². The van der Waals surface area contributed by atoms with E-state index >= 15 is 0 Å². The zero-order valence-corrected chi connectivity index (χ0v) is 9.41. The average molecular weight is 207 g/mol. The minimum Gasteiger partial charge on any atom is -0.314 e. The third kappa shape index (κ3) is 3.20. The van der Waals surface area contributed by atoms with Crippen LogP contribution in [-0.2, 0) is 0 Å². The van der Waals surface area contributed by atoms with Gasteiger partial charge in [0.05, 0.1) is 6.54 Å². The molecule has 2 fully saturated rings. The molecule has 0 aliphatic carbocycles. The number of likely N-dealkylation sites (tertiary alicyclic amines) is 1. The molecule has 0 aromatic rings. The van der Waals surface area contributed by atoms with Crippen molar-refractivity contribution in [2.45, 2.75) is 6.42 Å². The molecule has 0 saturated carbocycles. The summed E-state index contributed by atoms with van der Waals surface area (Å²) >= 11 is 0. The lowest BCUT2D eigenvalue weighted by atomic mass is 10.1. The summed E-state index contributed by atoms with van der Waals surface area (Å²) in [4.78, 5) is 4.98.